The van der Waals surface area contributed by atoms with Crippen molar-refractivity contribution in [2.75, 3.05) is 83.6 Å². The Morgan fingerprint density at radius 3 is 2.09 bits per heavy atom. The van der Waals surface area contributed by atoms with Crippen LogP contribution >= 0.6 is 12.6 Å². The number of nitrogens with two attached hydrogens (primary N) is 1. The highest BCUT2D eigenvalue weighted by Gasteiger charge is 2.47. The molecule has 6 atom stereocenters. The summed E-state index contributed by atoms with van der Waals surface area (Å²) in [5.74, 6) is -2.10. The van der Waals surface area contributed by atoms with E-state index < -0.39 is 65.2 Å². The van der Waals surface area contributed by atoms with Crippen molar-refractivity contribution in [1.82, 2.24) is 30.7 Å². The van der Waals surface area contributed by atoms with Gasteiger partial charge in [-0.3, -0.25) is 48.2 Å². The molecule has 9 amide bonds. The summed E-state index contributed by atoms with van der Waals surface area (Å²) in [5.41, 5.74) is 10.1. The van der Waals surface area contributed by atoms with Gasteiger partial charge in [-0.1, -0.05) is 66.8 Å². The summed E-state index contributed by atoms with van der Waals surface area (Å²) in [6, 6.07) is 18.7. The number of likely N-dealkylation sites (tertiary alicyclic amines) is 1. The first-order chi connectivity index (χ1) is 45.8. The fraction of sp³-hybridized carbons (Fsp3) is 0.441. The van der Waals surface area contributed by atoms with E-state index in [1.54, 1.807) is 59.6 Å². The van der Waals surface area contributed by atoms with Gasteiger partial charge in [0, 0.05) is 75.9 Å². The topological polar surface area (TPSA) is 329 Å². The number of methoxy groups -OCH3 is 2. The van der Waals surface area contributed by atoms with Gasteiger partial charge in [-0.05, 0) is 93.3 Å². The summed E-state index contributed by atoms with van der Waals surface area (Å²) in [6.07, 6.45) is 3.22. The first kappa shape index (κ1) is 70.0. The Morgan fingerprint density at radius 1 is 0.716 bits per heavy atom. The molecule has 0 spiro atoms. The standard InChI is InChI=1S/C68H82N10O16S/c1-41-29-46-37-71-50-34-56(54(89-3)32-47(50)64(84)76(46)38-41)92-25-11-6-12-26-93-57-35-52-48(33-55(57)90-4)65(85)77-39-42(2)30-53(77)66(86)78(52)68(88)94-40-44-16-18-45(19-17-44)72-62(82)49(15-9-10-22-69)74-63(83)51(31-43-13-7-5-8-14-43)73-60(80)21-27-91-28-23-70-59(79)20-24-75-61(81)36-58(95)67(75)87/h5,7-8,13-14,16-19,32-35,37,46,49,51,53,58,66,86,95H,1-2,6,9-12,15,20-31,36,38-40,69H2,3-4H3,(H,70,79)(H,72,82)(H,73,80)(H,74,83)/t46-,49-,51-,53-,58?,66-/m0/s1. The molecule has 4 aromatic carbocycles. The van der Waals surface area contributed by atoms with E-state index in [0.717, 1.165) is 20.9 Å². The summed E-state index contributed by atoms with van der Waals surface area (Å²) in [7, 11) is 2.95. The fourth-order valence-corrected chi connectivity index (χ4v) is 12.1. The number of carbonyl (C=O) groups is 9. The van der Waals surface area contributed by atoms with E-state index in [-0.39, 0.29) is 131 Å². The van der Waals surface area contributed by atoms with Gasteiger partial charge in [0.25, 0.3) is 11.8 Å². The maximum atomic E-state index is 14.4. The van der Waals surface area contributed by atoms with Gasteiger partial charge < -0.3 is 70.3 Å². The summed E-state index contributed by atoms with van der Waals surface area (Å²) in [6.45, 7) is 9.45. The average molecular weight is 1330 g/mol. The number of hydrogen-bond donors (Lipinski definition) is 7. The lowest BCUT2D eigenvalue weighted by Gasteiger charge is -2.31. The number of aliphatic hydroxyl groups is 1. The van der Waals surface area contributed by atoms with Crippen molar-refractivity contribution in [1.29, 1.82) is 0 Å². The second-order valence-corrected chi connectivity index (χ2v) is 24.4. The minimum atomic E-state index is -1.55. The Bertz CT molecular complexity index is 3550. The van der Waals surface area contributed by atoms with Crippen LogP contribution in [0.15, 0.2) is 108 Å². The van der Waals surface area contributed by atoms with Crippen molar-refractivity contribution in [3.05, 3.63) is 125 Å². The quantitative estimate of drug-likeness (QED) is 0.0141. The molecule has 0 aliphatic carbocycles. The number of nitrogens with zero attached hydrogens (tertiary/aromatic N) is 5. The molecule has 95 heavy (non-hydrogen) atoms. The molecule has 5 aliphatic rings. The Labute approximate surface area is 556 Å². The number of anilines is 2. The maximum absolute atomic E-state index is 14.4. The number of ether oxygens (including phenoxy) is 6. The number of aliphatic hydroxyl groups excluding tert-OH is 1. The number of rotatable bonds is 32. The molecule has 4 aromatic rings. The zero-order chi connectivity index (χ0) is 67.7. The van der Waals surface area contributed by atoms with Crippen molar-refractivity contribution < 1.29 is 76.7 Å². The van der Waals surface area contributed by atoms with Crippen molar-refractivity contribution in [2.24, 2.45) is 10.7 Å². The van der Waals surface area contributed by atoms with Crippen LogP contribution in [0.3, 0.4) is 0 Å². The second kappa shape index (κ2) is 33.2. The number of thiol groups is 1. The van der Waals surface area contributed by atoms with E-state index in [0.29, 0.717) is 97.8 Å². The second-order valence-electron chi connectivity index (χ2n) is 23.7. The number of unbranched alkanes of at least 4 members (excludes halogenated alkanes) is 3. The smallest absolute Gasteiger partial charge is 0.416 e. The highest BCUT2D eigenvalue weighted by Crippen LogP contribution is 2.43. The highest BCUT2D eigenvalue weighted by molar-refractivity contribution is 7.81. The predicted molar refractivity (Wildman–Crippen MR) is 354 cm³/mol. The largest absolute Gasteiger partial charge is 0.493 e. The molecule has 7 N–H and O–H groups in total. The summed E-state index contributed by atoms with van der Waals surface area (Å²) >= 11 is 4.09. The predicted octanol–water partition coefficient (Wildman–Crippen LogP) is 5.31. The molecule has 506 valence electrons. The number of fused-ring (bicyclic) bond motifs is 4. The first-order valence-electron chi connectivity index (χ1n) is 31.8. The fourth-order valence-electron chi connectivity index (χ4n) is 11.8. The number of aliphatic imine (C=N–C) groups is 1. The van der Waals surface area contributed by atoms with Crippen LogP contribution in [0.5, 0.6) is 23.0 Å². The summed E-state index contributed by atoms with van der Waals surface area (Å²) in [5, 5.41) is 22.4. The molecule has 3 saturated heterocycles. The molecule has 5 aliphatic heterocycles. The molecule has 0 aromatic heterocycles. The Balaban J connectivity index is 0.778. The van der Waals surface area contributed by atoms with Crippen LogP contribution in [0.4, 0.5) is 21.9 Å². The van der Waals surface area contributed by atoms with Gasteiger partial charge in [0.1, 0.15) is 18.7 Å². The molecule has 1 unspecified atom stereocenters. The average Bonchev–Trinajstić information content (AvgIpc) is 1.64. The third-order valence-corrected chi connectivity index (χ3v) is 17.2. The molecule has 0 saturated carbocycles. The molecule has 3 fully saturated rings. The van der Waals surface area contributed by atoms with Crippen LogP contribution in [0.25, 0.3) is 0 Å². The van der Waals surface area contributed by atoms with Crippen LogP contribution in [0, 0.1) is 0 Å². The molecule has 9 rings (SSSR count). The number of amides is 9. The Kier molecular flexibility index (Phi) is 24.5. The Hall–Kier alpha value is -9.31. The van der Waals surface area contributed by atoms with E-state index in [9.17, 15) is 48.3 Å². The van der Waals surface area contributed by atoms with E-state index in [2.05, 4.69) is 52.0 Å². The number of imide groups is 1. The molecule has 5 heterocycles. The van der Waals surface area contributed by atoms with E-state index >= 15 is 0 Å². The number of nitrogens with one attached hydrogen (secondary N) is 4. The number of hydrogen-bond acceptors (Lipinski definition) is 19. The van der Waals surface area contributed by atoms with Gasteiger partial charge in [-0.15, -0.1) is 0 Å². The van der Waals surface area contributed by atoms with E-state index in [4.69, 9.17) is 34.2 Å². The van der Waals surface area contributed by atoms with Crippen molar-refractivity contribution >= 4 is 89.3 Å². The molecule has 26 nitrogen and oxygen atoms in total. The Morgan fingerprint density at radius 2 is 1.40 bits per heavy atom. The van der Waals surface area contributed by atoms with Gasteiger partial charge in [-0.2, -0.15) is 12.6 Å². The van der Waals surface area contributed by atoms with E-state index in [1.807, 2.05) is 18.2 Å². The normalized spacial score (nSPS) is 18.6. The monoisotopic (exact) mass is 1330 g/mol. The molecule has 0 bridgehead atoms. The third kappa shape index (κ3) is 17.9. The summed E-state index contributed by atoms with van der Waals surface area (Å²) in [4.78, 5) is 130. The minimum Gasteiger partial charge on any atom is -0.493 e. The SMILES string of the molecule is C=C1C[C@H]2C=Nc3cc(OCCCCCOc4cc5c(cc4OC)C(=O)N4CC(=C)C[C@H]4[C@H](O)N5C(=O)OCc4ccc(NC(=O)[C@H](CCCCN)NC(=O)[C@H](Cc5ccccc5)NC(=O)CCOCCNC(=O)CCN5C(=O)CC(S)C5=O)cc4)c(OC)cc3C(=O)N2C1. The molecule has 0 radical (unpaired) electrons. The van der Waals surface area contributed by atoms with Crippen LogP contribution in [-0.2, 0) is 51.3 Å². The van der Waals surface area contributed by atoms with Crippen LogP contribution in [-0.4, -0.2) is 188 Å². The van der Waals surface area contributed by atoms with Crippen LogP contribution in [0.1, 0.15) is 102 Å². The molecule has 27 heteroatoms. The van der Waals surface area contributed by atoms with Gasteiger partial charge in [0.05, 0.1) is 80.5 Å². The summed E-state index contributed by atoms with van der Waals surface area (Å²) < 4.78 is 35.1. The van der Waals surface area contributed by atoms with Crippen molar-refractivity contribution in [3.63, 3.8) is 0 Å². The van der Waals surface area contributed by atoms with Crippen molar-refractivity contribution in [3.8, 4) is 23.0 Å². The first-order valence-corrected chi connectivity index (χ1v) is 32.3. The number of carbonyl (C=O) groups excluding carboxylic acids is 9. The highest BCUT2D eigenvalue weighted by atomic mass is 32.1. The third-order valence-electron chi connectivity index (χ3n) is 16.8. The van der Waals surface area contributed by atoms with Gasteiger partial charge >= 0.3 is 6.09 Å². The zero-order valence-corrected chi connectivity index (χ0v) is 54.2. The number of benzene rings is 4. The zero-order valence-electron chi connectivity index (χ0n) is 53.3. The van der Waals surface area contributed by atoms with Gasteiger partial charge in [-0.25, -0.2) is 9.69 Å². The lowest BCUT2D eigenvalue weighted by atomic mass is 10.0. The van der Waals surface area contributed by atoms with Gasteiger partial charge in [0.2, 0.25) is 35.4 Å². The van der Waals surface area contributed by atoms with Crippen LogP contribution in [0.2, 0.25) is 0 Å². The van der Waals surface area contributed by atoms with Crippen LogP contribution < -0.4 is 50.8 Å². The minimum absolute atomic E-state index is 0.00529. The van der Waals surface area contributed by atoms with Gasteiger partial charge in [0.15, 0.2) is 29.2 Å². The lowest BCUT2D eigenvalue weighted by molar-refractivity contribution is -0.138. The molecular formula is C68H82N10O16S. The lowest BCUT2D eigenvalue weighted by Crippen LogP contribution is -2.53. The van der Waals surface area contributed by atoms with E-state index in [1.165, 1.54) is 31.3 Å². The maximum Gasteiger partial charge on any atom is 0.416 e. The van der Waals surface area contributed by atoms with Crippen molar-refractivity contribution in [2.45, 2.75) is 119 Å². The molecular weight excluding hydrogens is 1240 g/mol.